The summed E-state index contributed by atoms with van der Waals surface area (Å²) in [4.78, 5) is 19.6. The Hall–Kier alpha value is 3.21. The van der Waals surface area contributed by atoms with Gasteiger partial charge in [0.05, 0.1) is 4.99 Å². The van der Waals surface area contributed by atoms with E-state index in [2.05, 4.69) is 6.92 Å². The van der Waals surface area contributed by atoms with E-state index < -0.39 is 29.1 Å². The van der Waals surface area contributed by atoms with Gasteiger partial charge in [0.2, 0.25) is 0 Å². The first-order valence-corrected chi connectivity index (χ1v) is 12.0. The third-order valence-electron chi connectivity index (χ3n) is 4.20. The zero-order chi connectivity index (χ0) is 20.8. The van der Waals surface area contributed by atoms with Crippen molar-refractivity contribution in [1.82, 2.24) is 0 Å². The Morgan fingerprint density at radius 1 is 0.935 bits per heavy atom. The average Bonchev–Trinajstić information content (AvgIpc) is 2.59. The van der Waals surface area contributed by atoms with Gasteiger partial charge in [0.15, 0.2) is 0 Å². The van der Waals surface area contributed by atoms with Crippen molar-refractivity contribution in [3.63, 3.8) is 0 Å². The van der Waals surface area contributed by atoms with E-state index in [4.69, 9.17) is 4.74 Å². The molecular formula is C19H22K3O7PS. The molecule has 0 spiro atoms. The van der Waals surface area contributed by atoms with Crippen molar-refractivity contribution < 1.29 is 186 Å². The van der Waals surface area contributed by atoms with Crippen LogP contribution in [0.3, 0.4) is 0 Å². The van der Waals surface area contributed by atoms with Crippen molar-refractivity contribution in [1.29, 1.82) is 0 Å². The fourth-order valence-electron chi connectivity index (χ4n) is 2.85. The Balaban J connectivity index is 0. The molecule has 0 aromatic heterocycles. The van der Waals surface area contributed by atoms with E-state index in [0.717, 1.165) is 18.4 Å². The molecule has 0 amide bonds. The topological polar surface area (TPSA) is 130 Å². The van der Waals surface area contributed by atoms with Gasteiger partial charge in [0, 0.05) is 0 Å². The number of hydrogen-bond donors (Lipinski definition) is 0. The second-order valence-electron chi connectivity index (χ2n) is 6.52. The molecule has 1 unspecified atom stereocenters. The van der Waals surface area contributed by atoms with Crippen molar-refractivity contribution >= 4 is 17.7 Å². The molecule has 0 fully saturated rings. The van der Waals surface area contributed by atoms with Crippen LogP contribution >= 0.6 is 7.60 Å². The third kappa shape index (κ3) is 13.9. The molecule has 0 radical (unpaired) electrons. The van der Waals surface area contributed by atoms with E-state index in [1.54, 1.807) is 24.3 Å². The number of rotatable bonds is 10. The molecule has 0 aliphatic rings. The van der Waals surface area contributed by atoms with Crippen molar-refractivity contribution in [2.24, 2.45) is 0 Å². The zero-order valence-electron chi connectivity index (χ0n) is 18.4. The standard InChI is InChI=1S/C19H25O7PS.3K/c1-2-5-15-10-12-17(13-11-15)26-18-8-3-6-16(14-18)7-4-9-19(27(20,21)22)28(23,24)25;;;/h3,6,8,10-14,19H,2,4-5,7,9H2,1H3,(H2,20,21,22)(H,23,24,25);;;/q;3*+1/p-3. The fourth-order valence-corrected chi connectivity index (χ4v) is 5.07. The van der Waals surface area contributed by atoms with E-state index in [1.165, 1.54) is 5.56 Å². The second kappa shape index (κ2) is 17.6. The number of benzene rings is 2. The van der Waals surface area contributed by atoms with Gasteiger partial charge in [-0.05, 0) is 61.1 Å². The third-order valence-corrected chi connectivity index (χ3v) is 7.61. The Morgan fingerprint density at radius 2 is 1.55 bits per heavy atom. The summed E-state index contributed by atoms with van der Waals surface area (Å²) in [6.07, 6.45) is 1.90. The summed E-state index contributed by atoms with van der Waals surface area (Å²) in [5.41, 5.74) is 1.99. The second-order valence-corrected chi connectivity index (χ2v) is 10.1. The van der Waals surface area contributed by atoms with Crippen LogP contribution in [0, 0.1) is 0 Å². The summed E-state index contributed by atoms with van der Waals surface area (Å²) < 4.78 is 49.8. The molecular weight excluding hydrogens is 521 g/mol. The normalized spacial score (nSPS) is 12.0. The van der Waals surface area contributed by atoms with E-state index in [9.17, 15) is 27.3 Å². The number of ether oxygens (including phenoxy) is 1. The molecule has 0 N–H and O–H groups in total. The smallest absolute Gasteiger partial charge is 0.810 e. The van der Waals surface area contributed by atoms with Gasteiger partial charge >= 0.3 is 154 Å². The van der Waals surface area contributed by atoms with Crippen molar-refractivity contribution in [3.8, 4) is 11.5 Å². The summed E-state index contributed by atoms with van der Waals surface area (Å²) in [6.45, 7) is 2.11. The average molecular weight is 543 g/mol. The van der Waals surface area contributed by atoms with E-state index in [-0.39, 0.29) is 161 Å². The number of aryl methyl sites for hydroxylation is 2. The summed E-state index contributed by atoms with van der Waals surface area (Å²) in [5, 5.41) is 0. The minimum absolute atomic E-state index is 0. The molecule has 12 heteroatoms. The van der Waals surface area contributed by atoms with Gasteiger partial charge in [-0.3, -0.25) is 0 Å². The van der Waals surface area contributed by atoms with Crippen molar-refractivity contribution in [3.05, 3.63) is 59.7 Å². The first-order chi connectivity index (χ1) is 13.1. The van der Waals surface area contributed by atoms with Crippen LogP contribution in [0.25, 0.3) is 0 Å². The molecule has 0 saturated heterocycles. The first kappa shape index (κ1) is 36.4. The monoisotopic (exact) mass is 542 g/mol. The molecule has 7 nitrogen and oxygen atoms in total. The molecule has 0 aliphatic heterocycles. The summed E-state index contributed by atoms with van der Waals surface area (Å²) >= 11 is 0. The Morgan fingerprint density at radius 3 is 2.06 bits per heavy atom. The van der Waals surface area contributed by atoms with Gasteiger partial charge in [-0.15, -0.1) is 0 Å². The Kier molecular flexibility index (Phi) is 20.7. The molecule has 31 heavy (non-hydrogen) atoms. The maximum Gasteiger partial charge on any atom is 1.00 e. The van der Waals surface area contributed by atoms with Crippen LogP contribution in [-0.4, -0.2) is 18.0 Å². The Bertz CT molecular complexity index is 934. The summed E-state index contributed by atoms with van der Waals surface area (Å²) in [5.74, 6) is 1.25. The molecule has 0 heterocycles. The molecule has 2 rings (SSSR count). The molecule has 2 aromatic carbocycles. The van der Waals surface area contributed by atoms with Crippen LogP contribution in [0.4, 0.5) is 0 Å². The van der Waals surface area contributed by atoms with Crippen LogP contribution in [-0.2, 0) is 27.5 Å². The van der Waals surface area contributed by atoms with Gasteiger partial charge in [-0.25, -0.2) is 8.42 Å². The Labute approximate surface area is 312 Å². The predicted molar refractivity (Wildman–Crippen MR) is 101 cm³/mol. The zero-order valence-corrected chi connectivity index (χ0v) is 29.5. The largest absolute Gasteiger partial charge is 1.00 e. The van der Waals surface area contributed by atoms with Crippen LogP contribution in [0.5, 0.6) is 11.5 Å². The maximum atomic E-state index is 11.0. The summed E-state index contributed by atoms with van der Waals surface area (Å²) in [7, 11) is -10.7. The molecule has 0 aliphatic carbocycles. The fraction of sp³-hybridized carbons (Fsp3) is 0.368. The molecule has 154 valence electrons. The van der Waals surface area contributed by atoms with Crippen molar-refractivity contribution in [2.45, 2.75) is 44.0 Å². The van der Waals surface area contributed by atoms with E-state index in [1.807, 2.05) is 24.3 Å². The quantitative estimate of drug-likeness (QED) is 0.166. The predicted octanol–water partition coefficient (Wildman–Crippen LogP) is -6.45. The number of hydrogen-bond acceptors (Lipinski definition) is 7. The van der Waals surface area contributed by atoms with Crippen LogP contribution in [0.2, 0.25) is 0 Å². The van der Waals surface area contributed by atoms with Gasteiger partial charge in [-0.1, -0.05) is 45.2 Å². The van der Waals surface area contributed by atoms with Gasteiger partial charge in [0.1, 0.15) is 21.6 Å². The van der Waals surface area contributed by atoms with Crippen LogP contribution < -0.4 is 169 Å². The molecule has 0 bridgehead atoms. The van der Waals surface area contributed by atoms with Crippen LogP contribution in [0.15, 0.2) is 48.5 Å². The van der Waals surface area contributed by atoms with Gasteiger partial charge in [-0.2, -0.15) is 0 Å². The first-order valence-electron chi connectivity index (χ1n) is 8.92. The molecule has 1 atom stereocenters. The minimum Gasteiger partial charge on any atom is -0.810 e. The maximum absolute atomic E-state index is 11.0. The summed E-state index contributed by atoms with van der Waals surface area (Å²) in [6, 6.07) is 14.8. The van der Waals surface area contributed by atoms with Crippen LogP contribution in [0.1, 0.15) is 37.3 Å². The SMILES string of the molecule is CCCc1ccc(Oc2cccc(CCCC(P(=O)([O-])[O-])S(=O)(=O)[O-])c2)cc1.[K+].[K+].[K+]. The van der Waals surface area contributed by atoms with Gasteiger partial charge < -0.3 is 23.6 Å². The van der Waals surface area contributed by atoms with Gasteiger partial charge in [0.25, 0.3) is 0 Å². The van der Waals surface area contributed by atoms with E-state index in [0.29, 0.717) is 17.9 Å². The molecule has 2 aromatic rings. The minimum atomic E-state index is -5.51. The van der Waals surface area contributed by atoms with E-state index >= 15 is 0 Å². The van der Waals surface area contributed by atoms with Crippen molar-refractivity contribution in [2.75, 3.05) is 0 Å². The molecule has 0 saturated carbocycles.